The largest absolute Gasteiger partial charge is 0.492 e. The Labute approximate surface area is 126 Å². The predicted molar refractivity (Wildman–Crippen MR) is 81.7 cm³/mol. The van der Waals surface area contributed by atoms with Crippen LogP contribution >= 0.6 is 0 Å². The Bertz CT molecular complexity index is 471. The number of rotatable bonds is 9. The Balaban J connectivity index is 2.73. The highest BCUT2D eigenvalue weighted by molar-refractivity contribution is 5.73. The molecule has 0 aliphatic carbocycles. The number of hydrogen-bond donors (Lipinski definition) is 2. The van der Waals surface area contributed by atoms with Gasteiger partial charge < -0.3 is 19.9 Å². The van der Waals surface area contributed by atoms with Crippen LogP contribution in [0.4, 0.5) is 0 Å². The van der Waals surface area contributed by atoms with Gasteiger partial charge in [-0.15, -0.1) is 0 Å². The number of carboxylic acids is 1. The van der Waals surface area contributed by atoms with E-state index in [-0.39, 0.29) is 6.61 Å². The van der Waals surface area contributed by atoms with Gasteiger partial charge in [0.25, 0.3) is 0 Å². The zero-order chi connectivity index (χ0) is 15.9. The molecule has 5 heteroatoms. The molecule has 0 radical (unpaired) electrons. The molecular weight excluding hydrogens is 270 g/mol. The maximum absolute atomic E-state index is 11.1. The summed E-state index contributed by atoms with van der Waals surface area (Å²) in [5, 5.41) is 12.4. The fraction of sp³-hybridized carbons (Fsp3) is 0.562. The van der Waals surface area contributed by atoms with Crippen molar-refractivity contribution in [3.05, 3.63) is 29.3 Å². The fourth-order valence-electron chi connectivity index (χ4n) is 1.77. The van der Waals surface area contributed by atoms with Crippen molar-refractivity contribution in [1.29, 1.82) is 0 Å². The first-order valence-corrected chi connectivity index (χ1v) is 7.03. The van der Waals surface area contributed by atoms with Crippen LogP contribution < -0.4 is 10.1 Å². The molecule has 118 valence electrons. The zero-order valence-corrected chi connectivity index (χ0v) is 13.2. The molecule has 0 unspecified atom stereocenters. The lowest BCUT2D eigenvalue weighted by molar-refractivity contribution is -0.148. The summed E-state index contributed by atoms with van der Waals surface area (Å²) in [5.74, 6) is -0.104. The lowest BCUT2D eigenvalue weighted by Gasteiger charge is -2.22. The number of para-hydroxylation sites is 1. The second-order valence-corrected chi connectivity index (χ2v) is 5.71. The standard InChI is InChI=1S/C16H25NO4/c1-12-6-5-7-13(10-17-8-9-20-4)14(12)21-11-16(2,3)15(18)19/h5-7,17H,8-11H2,1-4H3,(H,18,19). The molecule has 1 aromatic carbocycles. The SMILES string of the molecule is COCCNCc1cccc(C)c1OCC(C)(C)C(=O)O. The molecule has 1 aromatic rings. The smallest absolute Gasteiger partial charge is 0.312 e. The van der Waals surface area contributed by atoms with Crippen molar-refractivity contribution >= 4 is 5.97 Å². The lowest BCUT2D eigenvalue weighted by atomic mass is 9.95. The Hall–Kier alpha value is -1.59. The van der Waals surface area contributed by atoms with Gasteiger partial charge in [0.1, 0.15) is 12.4 Å². The monoisotopic (exact) mass is 295 g/mol. The first kappa shape index (κ1) is 17.5. The third-order valence-electron chi connectivity index (χ3n) is 3.25. The molecule has 0 heterocycles. The van der Waals surface area contributed by atoms with Gasteiger partial charge in [-0.05, 0) is 26.3 Å². The van der Waals surface area contributed by atoms with Crippen LogP contribution in [0.1, 0.15) is 25.0 Å². The van der Waals surface area contributed by atoms with Gasteiger partial charge in [0, 0.05) is 25.8 Å². The van der Waals surface area contributed by atoms with Crippen LogP contribution in [-0.2, 0) is 16.1 Å². The van der Waals surface area contributed by atoms with Gasteiger partial charge in [0.05, 0.1) is 12.0 Å². The van der Waals surface area contributed by atoms with E-state index in [9.17, 15) is 4.79 Å². The summed E-state index contributed by atoms with van der Waals surface area (Å²) in [4.78, 5) is 11.1. The van der Waals surface area contributed by atoms with E-state index in [4.69, 9.17) is 14.6 Å². The molecule has 0 aromatic heterocycles. The molecule has 0 saturated carbocycles. The van der Waals surface area contributed by atoms with Crippen molar-refractivity contribution in [2.45, 2.75) is 27.3 Å². The second-order valence-electron chi connectivity index (χ2n) is 5.71. The number of nitrogens with one attached hydrogen (secondary N) is 1. The van der Waals surface area contributed by atoms with E-state index in [0.717, 1.165) is 23.4 Å². The van der Waals surface area contributed by atoms with Crippen LogP contribution in [0.25, 0.3) is 0 Å². The molecule has 0 atom stereocenters. The van der Waals surface area contributed by atoms with Crippen LogP contribution in [0.3, 0.4) is 0 Å². The van der Waals surface area contributed by atoms with E-state index in [1.165, 1.54) is 0 Å². The number of ether oxygens (including phenoxy) is 2. The molecule has 0 bridgehead atoms. The molecule has 0 saturated heterocycles. The normalized spacial score (nSPS) is 11.4. The highest BCUT2D eigenvalue weighted by atomic mass is 16.5. The molecule has 1 rings (SSSR count). The quantitative estimate of drug-likeness (QED) is 0.684. The van der Waals surface area contributed by atoms with Crippen LogP contribution in [0.5, 0.6) is 5.75 Å². The van der Waals surface area contributed by atoms with Crippen molar-refractivity contribution < 1.29 is 19.4 Å². The lowest BCUT2D eigenvalue weighted by Crippen LogP contribution is -2.31. The Morgan fingerprint density at radius 2 is 2.10 bits per heavy atom. The van der Waals surface area contributed by atoms with Gasteiger partial charge in [0.15, 0.2) is 0 Å². The minimum absolute atomic E-state index is 0.137. The Morgan fingerprint density at radius 3 is 2.71 bits per heavy atom. The highest BCUT2D eigenvalue weighted by Gasteiger charge is 2.28. The van der Waals surface area contributed by atoms with Crippen molar-refractivity contribution in [3.8, 4) is 5.75 Å². The number of carboxylic acid groups (broad SMARTS) is 1. The van der Waals surface area contributed by atoms with Gasteiger partial charge in [-0.2, -0.15) is 0 Å². The summed E-state index contributed by atoms with van der Waals surface area (Å²) < 4.78 is 10.8. The molecule has 0 aliphatic rings. The van der Waals surface area contributed by atoms with E-state index in [0.29, 0.717) is 13.2 Å². The van der Waals surface area contributed by atoms with E-state index in [2.05, 4.69) is 5.32 Å². The van der Waals surface area contributed by atoms with E-state index in [1.54, 1.807) is 21.0 Å². The van der Waals surface area contributed by atoms with Crippen LogP contribution in [0.15, 0.2) is 18.2 Å². The first-order chi connectivity index (χ1) is 9.88. The van der Waals surface area contributed by atoms with Crippen molar-refractivity contribution in [2.24, 2.45) is 5.41 Å². The van der Waals surface area contributed by atoms with Crippen molar-refractivity contribution in [3.63, 3.8) is 0 Å². The molecule has 0 amide bonds. The molecule has 0 spiro atoms. The first-order valence-electron chi connectivity index (χ1n) is 7.03. The number of aliphatic carboxylic acids is 1. The average Bonchev–Trinajstić information content (AvgIpc) is 2.42. The van der Waals surface area contributed by atoms with Gasteiger partial charge >= 0.3 is 5.97 Å². The fourth-order valence-corrected chi connectivity index (χ4v) is 1.77. The minimum atomic E-state index is -0.914. The summed E-state index contributed by atoms with van der Waals surface area (Å²) in [7, 11) is 1.66. The number of aryl methyl sites for hydroxylation is 1. The third kappa shape index (κ3) is 5.36. The predicted octanol–water partition coefficient (Wildman–Crippen LogP) is 2.22. The summed E-state index contributed by atoms with van der Waals surface area (Å²) >= 11 is 0. The van der Waals surface area contributed by atoms with Crippen molar-refractivity contribution in [1.82, 2.24) is 5.32 Å². The highest BCUT2D eigenvalue weighted by Crippen LogP contribution is 2.26. The topological polar surface area (TPSA) is 67.8 Å². The maximum Gasteiger partial charge on any atom is 0.312 e. The third-order valence-corrected chi connectivity index (χ3v) is 3.25. The van der Waals surface area contributed by atoms with Gasteiger partial charge in [-0.25, -0.2) is 0 Å². The van der Waals surface area contributed by atoms with Gasteiger partial charge in [-0.1, -0.05) is 18.2 Å². The van der Waals surface area contributed by atoms with Gasteiger partial charge in [-0.3, -0.25) is 4.79 Å². The number of benzene rings is 1. The number of methoxy groups -OCH3 is 1. The van der Waals surface area contributed by atoms with E-state index < -0.39 is 11.4 Å². The van der Waals surface area contributed by atoms with Crippen LogP contribution in [0, 0.1) is 12.3 Å². The average molecular weight is 295 g/mol. The number of hydrogen-bond acceptors (Lipinski definition) is 4. The van der Waals surface area contributed by atoms with Gasteiger partial charge in [0.2, 0.25) is 0 Å². The Morgan fingerprint density at radius 1 is 1.38 bits per heavy atom. The molecule has 0 aliphatic heterocycles. The maximum atomic E-state index is 11.1. The molecule has 0 fully saturated rings. The molecule has 5 nitrogen and oxygen atoms in total. The summed E-state index contributed by atoms with van der Waals surface area (Å²) in [6.07, 6.45) is 0. The second kappa shape index (κ2) is 8.00. The molecular formula is C16H25NO4. The summed E-state index contributed by atoms with van der Waals surface area (Å²) in [6, 6.07) is 5.91. The zero-order valence-electron chi connectivity index (χ0n) is 13.2. The van der Waals surface area contributed by atoms with Crippen LogP contribution in [0.2, 0.25) is 0 Å². The van der Waals surface area contributed by atoms with E-state index >= 15 is 0 Å². The van der Waals surface area contributed by atoms with E-state index in [1.807, 2.05) is 25.1 Å². The number of carbonyl (C=O) groups is 1. The molecule has 21 heavy (non-hydrogen) atoms. The summed E-state index contributed by atoms with van der Waals surface area (Å²) in [5.41, 5.74) is 1.11. The molecule has 2 N–H and O–H groups in total. The summed E-state index contributed by atoms with van der Waals surface area (Å²) in [6.45, 7) is 7.47. The minimum Gasteiger partial charge on any atom is -0.492 e. The Kier molecular flexibility index (Phi) is 6.65. The van der Waals surface area contributed by atoms with Crippen molar-refractivity contribution in [2.75, 3.05) is 26.9 Å². The van der Waals surface area contributed by atoms with Crippen LogP contribution in [-0.4, -0.2) is 37.9 Å².